The molecule has 1 rings (SSSR count). The van der Waals surface area contributed by atoms with E-state index in [0.29, 0.717) is 12.6 Å². The second kappa shape index (κ2) is 5.00. The van der Waals surface area contributed by atoms with Crippen molar-refractivity contribution < 1.29 is 4.74 Å². The number of methoxy groups -OCH3 is 1. The van der Waals surface area contributed by atoms with E-state index in [9.17, 15) is 0 Å². The maximum absolute atomic E-state index is 5.04. The number of ether oxygens (including phenoxy) is 1. The molecular formula is C10H19N3O. The molecule has 0 fully saturated rings. The molecule has 0 saturated heterocycles. The maximum Gasteiger partial charge on any atom is 0.203 e. The SMILES string of the molecule is COCCn1cc(C)nc1NC(C)C. The molecule has 1 aromatic rings. The first-order chi connectivity index (χ1) is 6.63. The average molecular weight is 197 g/mol. The molecule has 4 heteroatoms. The average Bonchev–Trinajstić information content (AvgIpc) is 2.41. The molecule has 14 heavy (non-hydrogen) atoms. The third kappa shape index (κ3) is 3.03. The van der Waals surface area contributed by atoms with Crippen molar-refractivity contribution in [3.63, 3.8) is 0 Å². The first kappa shape index (κ1) is 11.0. The standard InChI is InChI=1S/C10H19N3O/c1-8(2)11-10-12-9(3)7-13(10)5-6-14-4/h7-8H,5-6H2,1-4H3,(H,11,12). The van der Waals surface area contributed by atoms with Crippen molar-refractivity contribution in [1.29, 1.82) is 0 Å². The Labute approximate surface area is 85.3 Å². The van der Waals surface area contributed by atoms with Gasteiger partial charge in [-0.05, 0) is 20.8 Å². The van der Waals surface area contributed by atoms with Crippen molar-refractivity contribution in [2.45, 2.75) is 33.4 Å². The molecule has 4 nitrogen and oxygen atoms in total. The molecule has 0 aliphatic heterocycles. The van der Waals surface area contributed by atoms with Crippen LogP contribution in [0.15, 0.2) is 6.20 Å². The summed E-state index contributed by atoms with van der Waals surface area (Å²) in [5.74, 6) is 0.926. The van der Waals surface area contributed by atoms with Crippen molar-refractivity contribution in [3.05, 3.63) is 11.9 Å². The van der Waals surface area contributed by atoms with Gasteiger partial charge in [-0.1, -0.05) is 0 Å². The van der Waals surface area contributed by atoms with E-state index in [1.54, 1.807) is 7.11 Å². The van der Waals surface area contributed by atoms with Gasteiger partial charge in [-0.15, -0.1) is 0 Å². The number of hydrogen-bond acceptors (Lipinski definition) is 3. The first-order valence-corrected chi connectivity index (χ1v) is 4.92. The molecule has 0 spiro atoms. The second-order valence-electron chi connectivity index (χ2n) is 3.69. The Bertz CT molecular complexity index is 281. The summed E-state index contributed by atoms with van der Waals surface area (Å²) in [6.07, 6.45) is 2.03. The zero-order valence-electron chi connectivity index (χ0n) is 9.37. The lowest BCUT2D eigenvalue weighted by molar-refractivity contribution is 0.187. The van der Waals surface area contributed by atoms with Crippen LogP contribution in [-0.2, 0) is 11.3 Å². The Morgan fingerprint density at radius 3 is 2.86 bits per heavy atom. The van der Waals surface area contributed by atoms with E-state index in [1.807, 2.05) is 13.1 Å². The van der Waals surface area contributed by atoms with Gasteiger partial charge in [0.15, 0.2) is 0 Å². The molecule has 1 aromatic heterocycles. The summed E-state index contributed by atoms with van der Waals surface area (Å²) < 4.78 is 7.12. The molecule has 0 amide bonds. The van der Waals surface area contributed by atoms with Crippen LogP contribution in [0.25, 0.3) is 0 Å². The van der Waals surface area contributed by atoms with E-state index in [-0.39, 0.29) is 0 Å². The third-order valence-electron chi connectivity index (χ3n) is 1.85. The van der Waals surface area contributed by atoms with Crippen LogP contribution in [-0.4, -0.2) is 29.3 Å². The van der Waals surface area contributed by atoms with Crippen LogP contribution < -0.4 is 5.32 Å². The summed E-state index contributed by atoms with van der Waals surface area (Å²) in [5.41, 5.74) is 1.03. The quantitative estimate of drug-likeness (QED) is 0.780. The highest BCUT2D eigenvalue weighted by Gasteiger charge is 2.05. The Balaban J connectivity index is 2.69. The van der Waals surface area contributed by atoms with Crippen LogP contribution in [0.3, 0.4) is 0 Å². The van der Waals surface area contributed by atoms with Crippen LogP contribution >= 0.6 is 0 Å². The summed E-state index contributed by atoms with van der Waals surface area (Å²) in [5, 5.41) is 3.30. The molecule has 80 valence electrons. The molecule has 0 bridgehead atoms. The Morgan fingerprint density at radius 1 is 1.57 bits per heavy atom. The predicted octanol–water partition coefficient (Wildman–Crippen LogP) is 1.66. The van der Waals surface area contributed by atoms with E-state index in [1.165, 1.54) is 0 Å². The fourth-order valence-corrected chi connectivity index (χ4v) is 1.28. The molecule has 0 aromatic carbocycles. The molecule has 1 N–H and O–H groups in total. The van der Waals surface area contributed by atoms with Gasteiger partial charge in [0.25, 0.3) is 0 Å². The minimum absolute atomic E-state index is 0.401. The predicted molar refractivity (Wildman–Crippen MR) is 57.6 cm³/mol. The van der Waals surface area contributed by atoms with Gasteiger partial charge in [-0.25, -0.2) is 4.98 Å². The van der Waals surface area contributed by atoms with Gasteiger partial charge in [0, 0.05) is 25.9 Å². The van der Waals surface area contributed by atoms with E-state index in [0.717, 1.165) is 18.2 Å². The molecular weight excluding hydrogens is 178 g/mol. The zero-order chi connectivity index (χ0) is 10.6. The Kier molecular flexibility index (Phi) is 3.95. The topological polar surface area (TPSA) is 39.1 Å². The van der Waals surface area contributed by atoms with E-state index >= 15 is 0 Å². The molecule has 0 aliphatic rings. The van der Waals surface area contributed by atoms with Crippen molar-refractivity contribution in [1.82, 2.24) is 9.55 Å². The Hall–Kier alpha value is -1.03. The molecule has 0 unspecified atom stereocenters. The largest absolute Gasteiger partial charge is 0.383 e. The summed E-state index contributed by atoms with van der Waals surface area (Å²) in [7, 11) is 1.71. The van der Waals surface area contributed by atoms with Gasteiger partial charge >= 0.3 is 0 Å². The van der Waals surface area contributed by atoms with Crippen molar-refractivity contribution in [2.75, 3.05) is 19.0 Å². The van der Waals surface area contributed by atoms with Crippen molar-refractivity contribution in [2.24, 2.45) is 0 Å². The summed E-state index contributed by atoms with van der Waals surface area (Å²) in [6.45, 7) is 7.75. The van der Waals surface area contributed by atoms with Crippen LogP contribution in [0, 0.1) is 6.92 Å². The van der Waals surface area contributed by atoms with Gasteiger partial charge in [-0.2, -0.15) is 0 Å². The van der Waals surface area contributed by atoms with Crippen molar-refractivity contribution >= 4 is 5.95 Å². The lowest BCUT2D eigenvalue weighted by Crippen LogP contribution is -2.15. The lowest BCUT2D eigenvalue weighted by atomic mass is 10.4. The second-order valence-corrected chi connectivity index (χ2v) is 3.69. The number of anilines is 1. The van der Waals surface area contributed by atoms with E-state index < -0.39 is 0 Å². The normalized spacial score (nSPS) is 10.9. The summed E-state index contributed by atoms with van der Waals surface area (Å²) >= 11 is 0. The van der Waals surface area contributed by atoms with Crippen LogP contribution in [0.2, 0.25) is 0 Å². The summed E-state index contributed by atoms with van der Waals surface area (Å²) in [4.78, 5) is 4.40. The fourth-order valence-electron chi connectivity index (χ4n) is 1.28. The number of hydrogen-bond donors (Lipinski definition) is 1. The third-order valence-corrected chi connectivity index (χ3v) is 1.85. The molecule has 0 aliphatic carbocycles. The number of aryl methyl sites for hydroxylation is 1. The number of imidazole rings is 1. The van der Waals surface area contributed by atoms with E-state index in [4.69, 9.17) is 4.74 Å². The van der Waals surface area contributed by atoms with Gasteiger partial charge in [-0.3, -0.25) is 0 Å². The number of nitrogens with zero attached hydrogens (tertiary/aromatic N) is 2. The minimum Gasteiger partial charge on any atom is -0.383 e. The number of aromatic nitrogens is 2. The van der Waals surface area contributed by atoms with Crippen LogP contribution in [0.5, 0.6) is 0 Å². The number of rotatable bonds is 5. The maximum atomic E-state index is 5.04. The molecule has 0 saturated carbocycles. The highest BCUT2D eigenvalue weighted by Crippen LogP contribution is 2.09. The minimum atomic E-state index is 0.401. The lowest BCUT2D eigenvalue weighted by Gasteiger charge is -2.11. The van der Waals surface area contributed by atoms with Crippen LogP contribution in [0.1, 0.15) is 19.5 Å². The number of nitrogens with one attached hydrogen (secondary N) is 1. The molecule has 1 heterocycles. The van der Waals surface area contributed by atoms with Crippen LogP contribution in [0.4, 0.5) is 5.95 Å². The van der Waals surface area contributed by atoms with Gasteiger partial charge in [0.2, 0.25) is 5.95 Å². The fraction of sp³-hybridized carbons (Fsp3) is 0.700. The summed E-state index contributed by atoms with van der Waals surface area (Å²) in [6, 6.07) is 0.401. The Morgan fingerprint density at radius 2 is 2.29 bits per heavy atom. The smallest absolute Gasteiger partial charge is 0.203 e. The van der Waals surface area contributed by atoms with Crippen molar-refractivity contribution in [3.8, 4) is 0 Å². The molecule has 0 atom stereocenters. The van der Waals surface area contributed by atoms with E-state index in [2.05, 4.69) is 28.7 Å². The highest BCUT2D eigenvalue weighted by atomic mass is 16.5. The monoisotopic (exact) mass is 197 g/mol. The van der Waals surface area contributed by atoms with Gasteiger partial charge in [0.05, 0.1) is 12.3 Å². The first-order valence-electron chi connectivity index (χ1n) is 4.92. The zero-order valence-corrected chi connectivity index (χ0v) is 9.37. The molecule has 0 radical (unpaired) electrons. The van der Waals surface area contributed by atoms with Gasteiger partial charge in [0.1, 0.15) is 0 Å². The highest BCUT2D eigenvalue weighted by molar-refractivity contribution is 5.29. The van der Waals surface area contributed by atoms with Gasteiger partial charge < -0.3 is 14.6 Å².